The highest BCUT2D eigenvalue weighted by molar-refractivity contribution is 7.99. The van der Waals surface area contributed by atoms with Crippen molar-refractivity contribution >= 4 is 39.2 Å². The lowest BCUT2D eigenvalue weighted by atomic mass is 9.94. The van der Waals surface area contributed by atoms with Crippen LogP contribution in [-0.4, -0.2) is 39.2 Å². The molecule has 1 amide bonds. The minimum Gasteiger partial charge on any atom is -0.342 e. The molecule has 2 aliphatic rings. The number of carbonyl (C=O) groups is 1. The molecular formula is C23H33N3O2S2. The zero-order chi connectivity index (χ0) is 21.3. The Bertz CT molecular complexity index is 975. The third-order valence-corrected chi connectivity index (χ3v) is 8.98. The molecule has 4 rings (SSSR count). The number of carbonyl (C=O) groups excluding carboxylic acids is 1. The van der Waals surface area contributed by atoms with Gasteiger partial charge in [-0.15, -0.1) is 11.3 Å². The van der Waals surface area contributed by atoms with Gasteiger partial charge in [-0.05, 0) is 57.4 Å². The lowest BCUT2D eigenvalue weighted by Crippen LogP contribution is -2.39. The molecule has 0 saturated heterocycles. The summed E-state index contributed by atoms with van der Waals surface area (Å²) in [5, 5.41) is 1.54. The maximum absolute atomic E-state index is 13.5. The number of thiophene rings is 1. The highest BCUT2D eigenvalue weighted by Gasteiger charge is 2.26. The third-order valence-electron chi connectivity index (χ3n) is 6.86. The molecule has 1 saturated carbocycles. The topological polar surface area (TPSA) is 55.2 Å². The Hall–Kier alpha value is -1.34. The molecule has 0 radical (unpaired) electrons. The first-order valence-electron chi connectivity index (χ1n) is 11.5. The van der Waals surface area contributed by atoms with Crippen LogP contribution in [0.2, 0.25) is 0 Å². The molecule has 2 aromatic heterocycles. The summed E-state index contributed by atoms with van der Waals surface area (Å²) in [6.07, 6.45) is 11.2. The van der Waals surface area contributed by atoms with Gasteiger partial charge in [0.15, 0.2) is 5.16 Å². The predicted octanol–water partition coefficient (Wildman–Crippen LogP) is 5.19. The van der Waals surface area contributed by atoms with Gasteiger partial charge < -0.3 is 4.90 Å². The molecule has 0 unspecified atom stereocenters. The van der Waals surface area contributed by atoms with Crippen LogP contribution in [0.15, 0.2) is 9.95 Å². The van der Waals surface area contributed by atoms with Crippen molar-refractivity contribution < 1.29 is 4.79 Å². The van der Waals surface area contributed by atoms with Gasteiger partial charge in [-0.3, -0.25) is 14.2 Å². The quantitative estimate of drug-likeness (QED) is 0.452. The van der Waals surface area contributed by atoms with Crippen molar-refractivity contribution in [1.82, 2.24) is 14.5 Å². The number of hydrogen-bond donors (Lipinski definition) is 0. The van der Waals surface area contributed by atoms with Crippen molar-refractivity contribution in [2.24, 2.45) is 0 Å². The first-order valence-corrected chi connectivity index (χ1v) is 13.3. The fraction of sp³-hybridized carbons (Fsp3) is 0.696. The summed E-state index contributed by atoms with van der Waals surface area (Å²) < 4.78 is 1.85. The van der Waals surface area contributed by atoms with Gasteiger partial charge in [0.05, 0.1) is 11.1 Å². The van der Waals surface area contributed by atoms with E-state index in [2.05, 4.69) is 13.8 Å². The lowest BCUT2D eigenvalue weighted by molar-refractivity contribution is -0.129. The molecule has 1 fully saturated rings. The van der Waals surface area contributed by atoms with Crippen LogP contribution in [-0.2, 0) is 17.6 Å². The van der Waals surface area contributed by atoms with Crippen molar-refractivity contribution in [2.75, 3.05) is 12.8 Å². The molecule has 2 aliphatic carbocycles. The molecule has 0 aliphatic heterocycles. The molecular weight excluding hydrogens is 414 g/mol. The van der Waals surface area contributed by atoms with Crippen LogP contribution >= 0.6 is 23.1 Å². The van der Waals surface area contributed by atoms with Crippen molar-refractivity contribution in [3.8, 4) is 0 Å². The van der Waals surface area contributed by atoms with Crippen LogP contribution in [0, 0.1) is 0 Å². The number of thioether (sulfide) groups is 1. The lowest BCUT2D eigenvalue weighted by Gasteiger charge is -2.31. The Morgan fingerprint density at radius 3 is 2.70 bits per heavy atom. The maximum Gasteiger partial charge on any atom is 0.263 e. The zero-order valence-electron chi connectivity index (χ0n) is 18.4. The normalized spacial score (nSPS) is 18.4. The number of hydrogen-bond acceptors (Lipinski definition) is 5. The fourth-order valence-electron chi connectivity index (χ4n) is 4.77. The summed E-state index contributed by atoms with van der Waals surface area (Å²) in [6.45, 7) is 4.18. The second kappa shape index (κ2) is 9.43. The number of amides is 1. The highest BCUT2D eigenvalue weighted by Crippen LogP contribution is 2.35. The maximum atomic E-state index is 13.5. The molecule has 0 N–H and O–H groups in total. The number of aromatic nitrogens is 2. The number of rotatable bonds is 6. The van der Waals surface area contributed by atoms with E-state index in [0.717, 1.165) is 48.7 Å². The standard InChI is InChI=1S/C23H33N3O2S2/c1-4-15(2)26-22(28)20-17-12-8-9-13-18(17)30-21(20)24-23(26)29-14-19(27)25(3)16-10-6-5-7-11-16/h15-16H,4-14H2,1-3H3/t15-/m1/s1. The van der Waals surface area contributed by atoms with E-state index in [9.17, 15) is 9.59 Å². The van der Waals surface area contributed by atoms with E-state index >= 15 is 0 Å². The van der Waals surface area contributed by atoms with Crippen molar-refractivity contribution in [3.63, 3.8) is 0 Å². The van der Waals surface area contributed by atoms with Gasteiger partial charge in [0.1, 0.15) is 4.83 Å². The van der Waals surface area contributed by atoms with Gasteiger partial charge in [-0.2, -0.15) is 0 Å². The monoisotopic (exact) mass is 447 g/mol. The Labute approximate surface area is 187 Å². The van der Waals surface area contributed by atoms with Crippen molar-refractivity contribution in [3.05, 3.63) is 20.8 Å². The van der Waals surface area contributed by atoms with Crippen LogP contribution in [0.1, 0.15) is 81.7 Å². The SMILES string of the molecule is CC[C@@H](C)n1c(SCC(=O)N(C)C2CCCCC2)nc2sc3c(c2c1=O)CCCC3. The van der Waals surface area contributed by atoms with E-state index < -0.39 is 0 Å². The van der Waals surface area contributed by atoms with Gasteiger partial charge in [0, 0.05) is 24.0 Å². The molecule has 7 heteroatoms. The Morgan fingerprint density at radius 2 is 1.97 bits per heavy atom. The van der Waals surface area contributed by atoms with Crippen LogP contribution in [0.3, 0.4) is 0 Å². The summed E-state index contributed by atoms with van der Waals surface area (Å²) >= 11 is 3.12. The van der Waals surface area contributed by atoms with E-state index in [-0.39, 0.29) is 17.5 Å². The molecule has 2 aromatic rings. The summed E-state index contributed by atoms with van der Waals surface area (Å²) in [6, 6.07) is 0.435. The van der Waals surface area contributed by atoms with Gasteiger partial charge in [0.2, 0.25) is 5.91 Å². The van der Waals surface area contributed by atoms with Gasteiger partial charge >= 0.3 is 0 Å². The average Bonchev–Trinajstić information content (AvgIpc) is 3.15. The first-order chi connectivity index (χ1) is 14.5. The van der Waals surface area contributed by atoms with E-state index in [0.29, 0.717) is 17.0 Å². The summed E-state index contributed by atoms with van der Waals surface area (Å²) in [5.74, 6) is 0.481. The molecule has 0 bridgehead atoms. The van der Waals surface area contributed by atoms with Crippen LogP contribution in [0.4, 0.5) is 0 Å². The number of fused-ring (bicyclic) bond motifs is 3. The van der Waals surface area contributed by atoms with E-state index in [1.807, 2.05) is 16.5 Å². The van der Waals surface area contributed by atoms with Crippen molar-refractivity contribution in [2.45, 2.75) is 95.3 Å². The predicted molar refractivity (Wildman–Crippen MR) is 126 cm³/mol. The van der Waals surface area contributed by atoms with Crippen LogP contribution in [0.25, 0.3) is 10.2 Å². The molecule has 30 heavy (non-hydrogen) atoms. The van der Waals surface area contributed by atoms with E-state index in [1.165, 1.54) is 47.9 Å². The molecule has 0 aromatic carbocycles. The van der Waals surface area contributed by atoms with E-state index in [4.69, 9.17) is 4.98 Å². The molecule has 164 valence electrons. The second-order valence-corrected chi connectivity index (χ2v) is 10.8. The number of nitrogens with zero attached hydrogens (tertiary/aromatic N) is 3. The second-order valence-electron chi connectivity index (χ2n) is 8.80. The van der Waals surface area contributed by atoms with Gasteiger partial charge in [-0.25, -0.2) is 4.98 Å². The number of aryl methyl sites for hydroxylation is 2. The minimum absolute atomic E-state index is 0.0715. The van der Waals surface area contributed by atoms with Crippen LogP contribution in [0.5, 0.6) is 0 Å². The van der Waals surface area contributed by atoms with Crippen molar-refractivity contribution in [1.29, 1.82) is 0 Å². The summed E-state index contributed by atoms with van der Waals surface area (Å²) in [7, 11) is 1.94. The Morgan fingerprint density at radius 1 is 1.23 bits per heavy atom. The Kier molecular flexibility index (Phi) is 6.88. The fourth-order valence-corrected chi connectivity index (χ4v) is 7.10. The largest absolute Gasteiger partial charge is 0.342 e. The Balaban J connectivity index is 1.62. The molecule has 0 spiro atoms. The van der Waals surface area contributed by atoms with Crippen LogP contribution < -0.4 is 5.56 Å². The van der Waals surface area contributed by atoms with Gasteiger partial charge in [0.25, 0.3) is 5.56 Å². The summed E-state index contributed by atoms with van der Waals surface area (Å²) in [5.41, 5.74) is 1.32. The minimum atomic E-state index is 0.0715. The zero-order valence-corrected chi connectivity index (χ0v) is 20.0. The third kappa shape index (κ3) is 4.20. The molecule has 5 nitrogen and oxygen atoms in total. The first kappa shape index (κ1) is 21.9. The van der Waals surface area contributed by atoms with Gasteiger partial charge in [-0.1, -0.05) is 37.9 Å². The highest BCUT2D eigenvalue weighted by atomic mass is 32.2. The molecule has 1 atom stereocenters. The average molecular weight is 448 g/mol. The smallest absolute Gasteiger partial charge is 0.263 e. The van der Waals surface area contributed by atoms with E-state index in [1.54, 1.807) is 11.3 Å². The molecule has 2 heterocycles. The summed E-state index contributed by atoms with van der Waals surface area (Å²) in [4.78, 5) is 35.5.